The van der Waals surface area contributed by atoms with E-state index in [4.69, 9.17) is 5.53 Å². The number of carbonyl (C=O) groups is 1. The van der Waals surface area contributed by atoms with Gasteiger partial charge in [0.15, 0.2) is 0 Å². The second-order valence-corrected chi connectivity index (χ2v) is 5.07. The molecule has 1 atom stereocenters. The Bertz CT molecular complexity index is 499. The molecule has 1 aliphatic rings. The van der Waals surface area contributed by atoms with Gasteiger partial charge in [-0.1, -0.05) is 11.2 Å². The molecule has 0 spiro atoms. The minimum atomic E-state index is 0.103. The zero-order valence-electron chi connectivity index (χ0n) is 10.1. The van der Waals surface area contributed by atoms with E-state index in [1.54, 1.807) is 16.7 Å². The third kappa shape index (κ3) is 2.78. The Morgan fingerprint density at radius 2 is 2.44 bits per heavy atom. The van der Waals surface area contributed by atoms with Crippen LogP contribution in [0.3, 0.4) is 0 Å². The van der Waals surface area contributed by atoms with E-state index in [-0.39, 0.29) is 11.8 Å². The first-order chi connectivity index (χ1) is 8.74. The fourth-order valence-electron chi connectivity index (χ4n) is 2.08. The Labute approximate surface area is 110 Å². The molecule has 6 heteroatoms. The van der Waals surface area contributed by atoms with Crippen LogP contribution in [0.4, 0.5) is 5.69 Å². The normalized spacial score (nSPS) is 18.8. The summed E-state index contributed by atoms with van der Waals surface area (Å²) in [5, 5.41) is 3.55. The minimum Gasteiger partial charge on any atom is -0.312 e. The van der Waals surface area contributed by atoms with E-state index in [1.165, 1.54) is 0 Å². The predicted octanol–water partition coefficient (Wildman–Crippen LogP) is 3.07. The van der Waals surface area contributed by atoms with Crippen molar-refractivity contribution in [1.82, 2.24) is 0 Å². The summed E-state index contributed by atoms with van der Waals surface area (Å²) in [6, 6.07) is 7.92. The maximum Gasteiger partial charge on any atom is 0.227 e. The van der Waals surface area contributed by atoms with Gasteiger partial charge < -0.3 is 4.90 Å². The lowest BCUT2D eigenvalue weighted by Gasteiger charge is -2.17. The number of hydrogen-bond donors (Lipinski definition) is 0. The molecule has 0 aliphatic carbocycles. The summed E-state index contributed by atoms with van der Waals surface area (Å²) in [6.07, 6.45) is 2.47. The maximum atomic E-state index is 11.9. The standard InChI is InChI=1S/C12H14N4OS/c1-18-11-4-2-3-10(6-11)16-8-9(5-12(16)17)7-14-15-13/h2-4,6,9H,5,7-8H2,1H3. The molecule has 1 fully saturated rings. The quantitative estimate of drug-likeness (QED) is 0.362. The van der Waals surface area contributed by atoms with E-state index < -0.39 is 0 Å². The van der Waals surface area contributed by atoms with Gasteiger partial charge in [-0.25, -0.2) is 0 Å². The van der Waals surface area contributed by atoms with Gasteiger partial charge in [0, 0.05) is 35.0 Å². The van der Waals surface area contributed by atoms with E-state index in [9.17, 15) is 4.79 Å². The highest BCUT2D eigenvalue weighted by Gasteiger charge is 2.29. The highest BCUT2D eigenvalue weighted by molar-refractivity contribution is 7.98. The molecule has 0 N–H and O–H groups in total. The Balaban J connectivity index is 2.13. The third-order valence-electron chi connectivity index (χ3n) is 2.97. The van der Waals surface area contributed by atoms with Crippen molar-refractivity contribution >= 4 is 23.4 Å². The van der Waals surface area contributed by atoms with Crippen LogP contribution in [0.15, 0.2) is 34.3 Å². The van der Waals surface area contributed by atoms with Crippen LogP contribution in [-0.2, 0) is 4.79 Å². The molecule has 1 heterocycles. The van der Waals surface area contributed by atoms with Crippen molar-refractivity contribution in [3.8, 4) is 0 Å². The second-order valence-electron chi connectivity index (χ2n) is 4.19. The van der Waals surface area contributed by atoms with Gasteiger partial charge in [0.25, 0.3) is 0 Å². The van der Waals surface area contributed by atoms with Crippen molar-refractivity contribution in [2.45, 2.75) is 11.3 Å². The number of anilines is 1. The smallest absolute Gasteiger partial charge is 0.227 e. The summed E-state index contributed by atoms with van der Waals surface area (Å²) >= 11 is 1.65. The van der Waals surface area contributed by atoms with Crippen LogP contribution in [-0.4, -0.2) is 25.3 Å². The van der Waals surface area contributed by atoms with Gasteiger partial charge in [0.2, 0.25) is 5.91 Å². The first-order valence-electron chi connectivity index (χ1n) is 5.70. The molecule has 0 aromatic heterocycles. The maximum absolute atomic E-state index is 11.9. The lowest BCUT2D eigenvalue weighted by molar-refractivity contribution is -0.117. The summed E-state index contributed by atoms with van der Waals surface area (Å²) in [5.41, 5.74) is 9.23. The van der Waals surface area contributed by atoms with Crippen LogP contribution >= 0.6 is 11.8 Å². The molecule has 94 valence electrons. The number of hydrogen-bond acceptors (Lipinski definition) is 3. The van der Waals surface area contributed by atoms with E-state index in [1.807, 2.05) is 30.5 Å². The fraction of sp³-hybridized carbons (Fsp3) is 0.417. The topological polar surface area (TPSA) is 69.1 Å². The first-order valence-corrected chi connectivity index (χ1v) is 6.92. The van der Waals surface area contributed by atoms with Crippen molar-refractivity contribution in [1.29, 1.82) is 0 Å². The zero-order valence-corrected chi connectivity index (χ0v) is 10.9. The minimum absolute atomic E-state index is 0.103. The molecule has 1 aromatic rings. The van der Waals surface area contributed by atoms with Crippen molar-refractivity contribution in [2.75, 3.05) is 24.2 Å². The Morgan fingerprint density at radius 3 is 3.17 bits per heavy atom. The molecule has 1 saturated heterocycles. The molecular formula is C12H14N4OS. The number of rotatable bonds is 4. The third-order valence-corrected chi connectivity index (χ3v) is 3.70. The van der Waals surface area contributed by atoms with Gasteiger partial charge in [0.1, 0.15) is 0 Å². The van der Waals surface area contributed by atoms with Crippen LogP contribution in [0.2, 0.25) is 0 Å². The van der Waals surface area contributed by atoms with Gasteiger partial charge in [-0.2, -0.15) is 0 Å². The van der Waals surface area contributed by atoms with Gasteiger partial charge in [-0.05, 0) is 35.9 Å². The van der Waals surface area contributed by atoms with E-state index in [0.717, 1.165) is 10.6 Å². The predicted molar refractivity (Wildman–Crippen MR) is 72.7 cm³/mol. The Morgan fingerprint density at radius 1 is 1.61 bits per heavy atom. The highest BCUT2D eigenvalue weighted by Crippen LogP contribution is 2.28. The van der Waals surface area contributed by atoms with Crippen LogP contribution < -0.4 is 4.90 Å². The average Bonchev–Trinajstić information content (AvgIpc) is 2.77. The van der Waals surface area contributed by atoms with Gasteiger partial charge in [-0.3, -0.25) is 4.79 Å². The molecule has 0 saturated carbocycles. The molecule has 2 rings (SSSR count). The lowest BCUT2D eigenvalue weighted by atomic mass is 10.1. The number of carbonyl (C=O) groups excluding carboxylic acids is 1. The van der Waals surface area contributed by atoms with Crippen molar-refractivity contribution in [2.24, 2.45) is 11.0 Å². The van der Waals surface area contributed by atoms with Crippen molar-refractivity contribution < 1.29 is 4.79 Å². The van der Waals surface area contributed by atoms with E-state index >= 15 is 0 Å². The van der Waals surface area contributed by atoms with Crippen LogP contribution in [0.5, 0.6) is 0 Å². The average molecular weight is 262 g/mol. The summed E-state index contributed by atoms with van der Waals surface area (Å²) in [4.78, 5) is 17.6. The molecular weight excluding hydrogens is 248 g/mol. The number of nitrogens with zero attached hydrogens (tertiary/aromatic N) is 4. The molecule has 0 bridgehead atoms. The summed E-state index contributed by atoms with van der Waals surface area (Å²) in [7, 11) is 0. The zero-order chi connectivity index (χ0) is 13.0. The molecule has 1 amide bonds. The number of benzene rings is 1. The largest absolute Gasteiger partial charge is 0.312 e. The summed E-state index contributed by atoms with van der Waals surface area (Å²) in [5.74, 6) is 0.234. The molecule has 5 nitrogen and oxygen atoms in total. The monoisotopic (exact) mass is 262 g/mol. The van der Waals surface area contributed by atoms with Crippen molar-refractivity contribution in [3.05, 3.63) is 34.7 Å². The lowest BCUT2D eigenvalue weighted by Crippen LogP contribution is -2.24. The number of azide groups is 1. The Hall–Kier alpha value is -1.65. The molecule has 1 unspecified atom stereocenters. The van der Waals surface area contributed by atoms with E-state index in [0.29, 0.717) is 19.5 Å². The van der Waals surface area contributed by atoms with E-state index in [2.05, 4.69) is 10.0 Å². The molecule has 0 radical (unpaired) electrons. The molecule has 1 aromatic carbocycles. The molecule has 1 aliphatic heterocycles. The summed E-state index contributed by atoms with van der Waals surface area (Å²) in [6.45, 7) is 1.02. The van der Waals surface area contributed by atoms with Gasteiger partial charge in [-0.15, -0.1) is 11.8 Å². The SMILES string of the molecule is CSc1cccc(N2CC(CN=[N+]=[N-])CC2=O)c1. The fourth-order valence-corrected chi connectivity index (χ4v) is 2.54. The number of amides is 1. The number of thioether (sulfide) groups is 1. The molecule has 18 heavy (non-hydrogen) atoms. The Kier molecular flexibility index (Phi) is 4.12. The van der Waals surface area contributed by atoms with Crippen molar-refractivity contribution in [3.63, 3.8) is 0 Å². The second kappa shape index (κ2) is 5.80. The van der Waals surface area contributed by atoms with Crippen LogP contribution in [0.25, 0.3) is 10.4 Å². The van der Waals surface area contributed by atoms with Crippen LogP contribution in [0.1, 0.15) is 6.42 Å². The first kappa shape index (κ1) is 12.8. The van der Waals surface area contributed by atoms with Gasteiger partial charge >= 0.3 is 0 Å². The highest BCUT2D eigenvalue weighted by atomic mass is 32.2. The van der Waals surface area contributed by atoms with Crippen LogP contribution in [0, 0.1) is 5.92 Å². The van der Waals surface area contributed by atoms with Gasteiger partial charge in [0.05, 0.1) is 0 Å². The summed E-state index contributed by atoms with van der Waals surface area (Å²) < 4.78 is 0.